The van der Waals surface area contributed by atoms with Crippen molar-refractivity contribution in [2.75, 3.05) is 34.0 Å². The van der Waals surface area contributed by atoms with Crippen LogP contribution < -0.4 is 5.32 Å². The number of esters is 1. The minimum absolute atomic E-state index is 0.106. The second-order valence-electron chi connectivity index (χ2n) is 3.55. The van der Waals surface area contributed by atoms with Crippen LogP contribution in [0.1, 0.15) is 12.8 Å². The lowest BCUT2D eigenvalue weighted by Gasteiger charge is -2.15. The highest BCUT2D eigenvalue weighted by Crippen LogP contribution is 2.00. The molecule has 1 amide bonds. The van der Waals surface area contributed by atoms with Crippen molar-refractivity contribution < 1.29 is 23.8 Å². The van der Waals surface area contributed by atoms with Crippen LogP contribution in [-0.2, 0) is 23.8 Å². The number of methoxy groups -OCH3 is 2. The summed E-state index contributed by atoms with van der Waals surface area (Å²) in [6.45, 7) is 4.21. The number of amides is 1. The van der Waals surface area contributed by atoms with Gasteiger partial charge in [0.2, 0.25) is 5.91 Å². The molecular formula is C12H21NO5. The Hall–Kier alpha value is -1.40. The molecule has 6 nitrogen and oxygen atoms in total. The molecule has 0 aliphatic heterocycles. The van der Waals surface area contributed by atoms with Crippen LogP contribution in [0, 0.1) is 0 Å². The van der Waals surface area contributed by atoms with Gasteiger partial charge in [0.25, 0.3) is 0 Å². The molecule has 0 radical (unpaired) electrons. The maximum absolute atomic E-state index is 11.5. The van der Waals surface area contributed by atoms with Crippen molar-refractivity contribution in [3.63, 3.8) is 0 Å². The van der Waals surface area contributed by atoms with E-state index in [1.165, 1.54) is 7.11 Å². The van der Waals surface area contributed by atoms with Crippen LogP contribution in [0.15, 0.2) is 12.7 Å². The zero-order valence-corrected chi connectivity index (χ0v) is 10.9. The molecule has 0 aromatic carbocycles. The molecule has 0 aromatic heterocycles. The van der Waals surface area contributed by atoms with Gasteiger partial charge >= 0.3 is 5.97 Å². The maximum atomic E-state index is 11.5. The van der Waals surface area contributed by atoms with Gasteiger partial charge < -0.3 is 19.5 Å². The minimum Gasteiger partial charge on any atom is -0.467 e. The normalized spacial score (nSPS) is 11.7. The highest BCUT2D eigenvalue weighted by atomic mass is 16.5. The fraction of sp³-hybridized carbons (Fsp3) is 0.667. The minimum atomic E-state index is -0.661. The number of allylic oxidation sites excluding steroid dienone is 1. The van der Waals surface area contributed by atoms with Crippen LogP contribution in [0.5, 0.6) is 0 Å². The van der Waals surface area contributed by atoms with Crippen molar-refractivity contribution in [1.29, 1.82) is 0 Å². The molecule has 0 aromatic rings. The van der Waals surface area contributed by atoms with Gasteiger partial charge in [0.15, 0.2) is 0 Å². The van der Waals surface area contributed by atoms with E-state index in [9.17, 15) is 9.59 Å². The fourth-order valence-electron chi connectivity index (χ4n) is 1.22. The molecule has 0 aliphatic rings. The lowest BCUT2D eigenvalue weighted by Crippen LogP contribution is -2.43. The van der Waals surface area contributed by atoms with Gasteiger partial charge in [0.1, 0.15) is 12.6 Å². The highest BCUT2D eigenvalue weighted by molar-refractivity contribution is 5.84. The van der Waals surface area contributed by atoms with Crippen LogP contribution in [0.3, 0.4) is 0 Å². The molecule has 0 unspecified atom stereocenters. The molecule has 0 heterocycles. The quantitative estimate of drug-likeness (QED) is 0.346. The molecule has 0 rings (SSSR count). The topological polar surface area (TPSA) is 73.9 Å². The summed E-state index contributed by atoms with van der Waals surface area (Å²) in [4.78, 5) is 22.9. The third kappa shape index (κ3) is 7.81. The monoisotopic (exact) mass is 259 g/mol. The van der Waals surface area contributed by atoms with E-state index in [1.54, 1.807) is 13.2 Å². The Kier molecular flexibility index (Phi) is 9.90. The molecule has 0 aliphatic carbocycles. The average molecular weight is 259 g/mol. The third-order valence-corrected chi connectivity index (χ3v) is 2.15. The highest BCUT2D eigenvalue weighted by Gasteiger charge is 2.20. The summed E-state index contributed by atoms with van der Waals surface area (Å²) in [6.07, 6.45) is 2.75. The summed E-state index contributed by atoms with van der Waals surface area (Å²) in [5, 5.41) is 2.55. The molecule has 1 N–H and O–H groups in total. The van der Waals surface area contributed by atoms with Crippen LogP contribution >= 0.6 is 0 Å². The van der Waals surface area contributed by atoms with E-state index in [0.717, 1.165) is 0 Å². The lowest BCUT2D eigenvalue weighted by atomic mass is 10.1. The van der Waals surface area contributed by atoms with Crippen LogP contribution in [-0.4, -0.2) is 52.0 Å². The first-order chi connectivity index (χ1) is 8.65. The van der Waals surface area contributed by atoms with Gasteiger partial charge in [0.05, 0.1) is 20.3 Å². The summed E-state index contributed by atoms with van der Waals surface area (Å²) in [5.74, 6) is -0.826. The van der Waals surface area contributed by atoms with Crippen LogP contribution in [0.25, 0.3) is 0 Å². The Morgan fingerprint density at radius 2 is 2.06 bits per heavy atom. The standard InChI is InChI=1S/C12H21NO5/c1-4-5-6-10(12(15)17-3)13-11(14)9-18-8-7-16-2/h4,10H,1,5-9H2,2-3H3,(H,13,14)/t10-/m0/s1. The van der Waals surface area contributed by atoms with Crippen LogP contribution in [0.4, 0.5) is 0 Å². The Balaban J connectivity index is 4.01. The predicted octanol–water partition coefficient (Wildman–Crippen LogP) is 0.273. The van der Waals surface area contributed by atoms with Gasteiger partial charge in [-0.1, -0.05) is 6.08 Å². The lowest BCUT2D eigenvalue weighted by molar-refractivity contribution is -0.145. The molecule has 0 saturated heterocycles. The molecule has 0 saturated carbocycles. The number of hydrogen-bond donors (Lipinski definition) is 1. The molecule has 0 fully saturated rings. The Labute approximate surface area is 107 Å². The summed E-state index contributed by atoms with van der Waals surface area (Å²) < 4.78 is 14.4. The van der Waals surface area contributed by atoms with E-state index >= 15 is 0 Å². The Bertz CT molecular complexity index is 267. The first kappa shape index (κ1) is 16.6. The summed E-state index contributed by atoms with van der Waals surface area (Å²) in [6, 6.07) is -0.661. The van der Waals surface area contributed by atoms with Gasteiger partial charge in [-0.3, -0.25) is 4.79 Å². The largest absolute Gasteiger partial charge is 0.467 e. The number of carbonyl (C=O) groups is 2. The van der Waals surface area contributed by atoms with Gasteiger partial charge in [-0.05, 0) is 12.8 Å². The molecule has 0 bridgehead atoms. The predicted molar refractivity (Wildman–Crippen MR) is 66.1 cm³/mol. The summed E-state index contributed by atoms with van der Waals surface area (Å²) in [5.41, 5.74) is 0. The number of hydrogen-bond acceptors (Lipinski definition) is 5. The first-order valence-corrected chi connectivity index (χ1v) is 5.70. The van der Waals surface area contributed by atoms with E-state index in [-0.39, 0.29) is 12.5 Å². The second-order valence-corrected chi connectivity index (χ2v) is 3.55. The van der Waals surface area contributed by atoms with Crippen molar-refractivity contribution in [2.24, 2.45) is 0 Å². The van der Waals surface area contributed by atoms with E-state index in [0.29, 0.717) is 26.1 Å². The van der Waals surface area contributed by atoms with Crippen molar-refractivity contribution in [1.82, 2.24) is 5.32 Å². The van der Waals surface area contributed by atoms with Gasteiger partial charge in [-0.2, -0.15) is 0 Å². The van der Waals surface area contributed by atoms with E-state index in [1.807, 2.05) is 0 Å². The van der Waals surface area contributed by atoms with Crippen LogP contribution in [0.2, 0.25) is 0 Å². The summed E-state index contributed by atoms with van der Waals surface area (Å²) >= 11 is 0. The number of ether oxygens (including phenoxy) is 3. The van der Waals surface area contributed by atoms with Gasteiger partial charge in [-0.25, -0.2) is 4.79 Å². The number of nitrogens with one attached hydrogen (secondary N) is 1. The van der Waals surface area contributed by atoms with Gasteiger partial charge in [0, 0.05) is 7.11 Å². The first-order valence-electron chi connectivity index (χ1n) is 5.70. The van der Waals surface area contributed by atoms with Crippen molar-refractivity contribution in [3.05, 3.63) is 12.7 Å². The molecule has 104 valence electrons. The molecule has 1 atom stereocenters. The Morgan fingerprint density at radius 1 is 1.33 bits per heavy atom. The van der Waals surface area contributed by atoms with Crippen molar-refractivity contribution >= 4 is 11.9 Å². The molecule has 6 heteroatoms. The smallest absolute Gasteiger partial charge is 0.328 e. The number of carbonyl (C=O) groups excluding carboxylic acids is 2. The SMILES string of the molecule is C=CCC[C@H](NC(=O)COCCOC)C(=O)OC. The molecular weight excluding hydrogens is 238 g/mol. The van der Waals surface area contributed by atoms with Gasteiger partial charge in [-0.15, -0.1) is 6.58 Å². The average Bonchev–Trinajstić information content (AvgIpc) is 2.38. The fourth-order valence-corrected chi connectivity index (χ4v) is 1.22. The zero-order chi connectivity index (χ0) is 13.8. The van der Waals surface area contributed by atoms with E-state index in [4.69, 9.17) is 9.47 Å². The summed E-state index contributed by atoms with van der Waals surface area (Å²) in [7, 11) is 2.83. The zero-order valence-electron chi connectivity index (χ0n) is 10.9. The maximum Gasteiger partial charge on any atom is 0.328 e. The molecule has 18 heavy (non-hydrogen) atoms. The molecule has 0 spiro atoms. The van der Waals surface area contributed by atoms with E-state index in [2.05, 4.69) is 16.6 Å². The van der Waals surface area contributed by atoms with Crippen molar-refractivity contribution in [3.8, 4) is 0 Å². The van der Waals surface area contributed by atoms with Crippen molar-refractivity contribution in [2.45, 2.75) is 18.9 Å². The number of rotatable bonds is 10. The third-order valence-electron chi connectivity index (χ3n) is 2.15. The van der Waals surface area contributed by atoms with E-state index < -0.39 is 12.0 Å². The second kappa shape index (κ2) is 10.7. The Morgan fingerprint density at radius 3 is 2.61 bits per heavy atom.